The predicted molar refractivity (Wildman–Crippen MR) is 95.8 cm³/mol. The smallest absolute Gasteiger partial charge is 0.293 e. The minimum absolute atomic E-state index is 0.235. The highest BCUT2D eigenvalue weighted by molar-refractivity contribution is 5.59. The highest BCUT2D eigenvalue weighted by atomic mass is 16.5. The van der Waals surface area contributed by atoms with E-state index in [2.05, 4.69) is 55.0 Å². The molecule has 1 N–H and O–H groups in total. The number of carbonyl (C=O) groups is 1. The van der Waals surface area contributed by atoms with Gasteiger partial charge in [0.1, 0.15) is 5.60 Å². The van der Waals surface area contributed by atoms with Crippen LogP contribution in [0.3, 0.4) is 0 Å². The van der Waals surface area contributed by atoms with Crippen LogP contribution < -0.4 is 5.32 Å². The fraction of sp³-hybridized carbons (Fsp3) is 0.684. The van der Waals surface area contributed by atoms with Gasteiger partial charge in [0.05, 0.1) is 0 Å². The van der Waals surface area contributed by atoms with Crippen LogP contribution in [0.1, 0.15) is 66.1 Å². The Balaban J connectivity index is 0.000000322. The Kier molecular flexibility index (Phi) is 6.60. The quantitative estimate of drug-likeness (QED) is 0.839. The molecular formula is C19H32N2O2. The van der Waals surface area contributed by atoms with Gasteiger partial charge in [0.2, 0.25) is 0 Å². The van der Waals surface area contributed by atoms with Crippen molar-refractivity contribution in [2.45, 2.75) is 72.3 Å². The fourth-order valence-corrected chi connectivity index (χ4v) is 2.31. The van der Waals surface area contributed by atoms with E-state index in [0.29, 0.717) is 6.47 Å². The van der Waals surface area contributed by atoms with E-state index >= 15 is 0 Å². The first-order valence-electron chi connectivity index (χ1n) is 8.40. The van der Waals surface area contributed by atoms with Gasteiger partial charge in [0.25, 0.3) is 6.47 Å². The molecule has 0 fully saturated rings. The van der Waals surface area contributed by atoms with Gasteiger partial charge in [0, 0.05) is 35.1 Å². The van der Waals surface area contributed by atoms with Crippen LogP contribution in [0.2, 0.25) is 0 Å². The second-order valence-electron chi connectivity index (χ2n) is 8.22. The zero-order valence-electron chi connectivity index (χ0n) is 15.7. The van der Waals surface area contributed by atoms with Gasteiger partial charge in [-0.3, -0.25) is 9.78 Å². The van der Waals surface area contributed by atoms with Crippen molar-refractivity contribution >= 4 is 12.2 Å². The average molecular weight is 320 g/mol. The Labute approximate surface area is 141 Å². The van der Waals surface area contributed by atoms with E-state index in [9.17, 15) is 4.79 Å². The molecule has 0 bridgehead atoms. The molecule has 2 heterocycles. The highest BCUT2D eigenvalue weighted by Gasteiger charge is 2.29. The van der Waals surface area contributed by atoms with Gasteiger partial charge >= 0.3 is 0 Å². The Morgan fingerprint density at radius 3 is 2.52 bits per heavy atom. The number of anilines is 1. The van der Waals surface area contributed by atoms with Crippen molar-refractivity contribution in [1.82, 2.24) is 4.98 Å². The normalized spacial score (nSPS) is 15.3. The van der Waals surface area contributed by atoms with Crippen molar-refractivity contribution in [2.75, 3.05) is 11.9 Å². The predicted octanol–water partition coefficient (Wildman–Crippen LogP) is 4.33. The molecule has 0 spiro atoms. The van der Waals surface area contributed by atoms with Gasteiger partial charge in [-0.2, -0.15) is 0 Å². The van der Waals surface area contributed by atoms with Crippen LogP contribution in [0.4, 0.5) is 5.69 Å². The molecule has 1 aliphatic rings. The van der Waals surface area contributed by atoms with E-state index in [1.165, 1.54) is 23.4 Å². The molecule has 0 radical (unpaired) electrons. The van der Waals surface area contributed by atoms with Crippen molar-refractivity contribution in [3.63, 3.8) is 0 Å². The van der Waals surface area contributed by atoms with Crippen molar-refractivity contribution in [3.8, 4) is 0 Å². The zero-order chi connectivity index (χ0) is 17.7. The lowest BCUT2D eigenvalue weighted by atomic mass is 9.88. The van der Waals surface area contributed by atoms with Crippen LogP contribution in [0.5, 0.6) is 0 Å². The van der Waals surface area contributed by atoms with Crippen LogP contribution in [0, 0.1) is 5.92 Å². The summed E-state index contributed by atoms with van der Waals surface area (Å²) in [5.41, 5.74) is 3.79. The van der Waals surface area contributed by atoms with E-state index < -0.39 is 0 Å². The van der Waals surface area contributed by atoms with Crippen molar-refractivity contribution in [2.24, 2.45) is 5.92 Å². The lowest BCUT2D eigenvalue weighted by molar-refractivity contribution is -0.138. The number of aromatic nitrogens is 1. The molecule has 0 unspecified atom stereocenters. The Morgan fingerprint density at radius 2 is 2.04 bits per heavy atom. The Bertz CT molecular complexity index is 517. The summed E-state index contributed by atoms with van der Waals surface area (Å²) in [5, 5.41) is 3.48. The minimum atomic E-state index is -0.318. The fourth-order valence-electron chi connectivity index (χ4n) is 2.31. The van der Waals surface area contributed by atoms with Crippen molar-refractivity contribution in [3.05, 3.63) is 23.5 Å². The lowest BCUT2D eigenvalue weighted by Crippen LogP contribution is -2.19. The van der Waals surface area contributed by atoms with Crippen LogP contribution in [0.25, 0.3) is 0 Å². The number of fused-ring (bicyclic) bond motifs is 1. The maximum absolute atomic E-state index is 9.60. The number of nitrogens with zero attached hydrogens (tertiary/aromatic N) is 1. The number of carbonyl (C=O) groups excluding carboxylic acids is 1. The monoisotopic (exact) mass is 320 g/mol. The molecule has 0 saturated heterocycles. The summed E-state index contributed by atoms with van der Waals surface area (Å²) < 4.78 is 4.55. The Morgan fingerprint density at radius 1 is 1.39 bits per heavy atom. The first-order valence-corrected chi connectivity index (χ1v) is 8.40. The van der Waals surface area contributed by atoms with Gasteiger partial charge in [0.15, 0.2) is 0 Å². The number of rotatable bonds is 4. The molecule has 0 saturated carbocycles. The molecule has 23 heavy (non-hydrogen) atoms. The maximum atomic E-state index is 9.60. The van der Waals surface area contributed by atoms with E-state index in [-0.39, 0.29) is 11.0 Å². The van der Waals surface area contributed by atoms with Gasteiger partial charge < -0.3 is 10.1 Å². The van der Waals surface area contributed by atoms with E-state index in [1.807, 2.05) is 20.8 Å². The molecule has 130 valence electrons. The highest BCUT2D eigenvalue weighted by Crippen LogP contribution is 2.35. The second kappa shape index (κ2) is 7.80. The van der Waals surface area contributed by atoms with Gasteiger partial charge in [-0.1, -0.05) is 27.7 Å². The molecular weight excluding hydrogens is 288 g/mol. The summed E-state index contributed by atoms with van der Waals surface area (Å²) in [6.07, 6.45) is 4.37. The number of hydrogen-bond donors (Lipinski definition) is 1. The molecule has 1 aliphatic heterocycles. The summed E-state index contributed by atoms with van der Waals surface area (Å²) in [6, 6.07) is 2.23. The minimum Gasteiger partial charge on any atom is -0.462 e. The third-order valence-electron chi connectivity index (χ3n) is 3.79. The molecule has 0 atom stereocenters. The van der Waals surface area contributed by atoms with E-state index in [4.69, 9.17) is 0 Å². The number of nitrogens with one attached hydrogen (secondary N) is 1. The second-order valence-corrected chi connectivity index (χ2v) is 8.22. The largest absolute Gasteiger partial charge is 0.462 e. The summed E-state index contributed by atoms with van der Waals surface area (Å²) in [4.78, 5) is 14.2. The first-order chi connectivity index (χ1) is 10.5. The molecule has 4 heteroatoms. The third-order valence-corrected chi connectivity index (χ3v) is 3.79. The topological polar surface area (TPSA) is 51.2 Å². The molecule has 1 aromatic heterocycles. The van der Waals surface area contributed by atoms with Crippen LogP contribution in [0.15, 0.2) is 12.3 Å². The number of pyridine rings is 1. The van der Waals surface area contributed by atoms with Crippen LogP contribution in [-0.4, -0.2) is 23.6 Å². The summed E-state index contributed by atoms with van der Waals surface area (Å²) in [7, 11) is 0. The standard InChI is InChI=1S/C14H22N2.C5H10O2/c1-10(2)5-6-11-7-13-12(8-15-11)14(3,4)9-16-13;1-5(2,3)7-4-6/h7-8,10,16H,5-6,9H2,1-4H3;4H,1-3H3. The summed E-state index contributed by atoms with van der Waals surface area (Å²) >= 11 is 0. The Hall–Kier alpha value is -1.58. The first kappa shape index (κ1) is 19.5. The van der Waals surface area contributed by atoms with Gasteiger partial charge in [-0.15, -0.1) is 0 Å². The van der Waals surface area contributed by atoms with Gasteiger partial charge in [-0.25, -0.2) is 0 Å². The van der Waals surface area contributed by atoms with E-state index in [1.54, 1.807) is 0 Å². The number of hydrogen-bond acceptors (Lipinski definition) is 4. The average Bonchev–Trinajstić information content (AvgIpc) is 2.71. The number of ether oxygens (including phenoxy) is 1. The van der Waals surface area contributed by atoms with Crippen molar-refractivity contribution in [1.29, 1.82) is 0 Å². The van der Waals surface area contributed by atoms with Crippen LogP contribution >= 0.6 is 0 Å². The third kappa shape index (κ3) is 6.59. The maximum Gasteiger partial charge on any atom is 0.293 e. The molecule has 0 amide bonds. The molecule has 0 aromatic carbocycles. The van der Waals surface area contributed by atoms with Crippen LogP contribution in [-0.2, 0) is 21.4 Å². The van der Waals surface area contributed by atoms with E-state index in [0.717, 1.165) is 18.9 Å². The van der Waals surface area contributed by atoms with Crippen molar-refractivity contribution < 1.29 is 9.53 Å². The lowest BCUT2D eigenvalue weighted by Gasteiger charge is -2.16. The molecule has 1 aromatic rings. The summed E-state index contributed by atoms with van der Waals surface area (Å²) in [5.74, 6) is 0.749. The van der Waals surface area contributed by atoms with Gasteiger partial charge in [-0.05, 0) is 45.6 Å². The zero-order valence-corrected chi connectivity index (χ0v) is 15.7. The molecule has 2 rings (SSSR count). The number of aryl methyl sites for hydroxylation is 1. The SMILES string of the molecule is CC(C)(C)OC=O.CC(C)CCc1cc2c(cn1)C(C)(C)CN2. The summed E-state index contributed by atoms with van der Waals surface area (Å²) in [6.45, 7) is 16.0. The molecule has 4 nitrogen and oxygen atoms in total. The molecule has 0 aliphatic carbocycles.